The van der Waals surface area contributed by atoms with E-state index in [4.69, 9.17) is 0 Å². The Bertz CT molecular complexity index is 221. The average Bonchev–Trinajstić information content (AvgIpc) is 2.30. The summed E-state index contributed by atoms with van der Waals surface area (Å²) in [5.41, 5.74) is 0. The van der Waals surface area contributed by atoms with Crippen LogP contribution in [0, 0.1) is 5.92 Å². The van der Waals surface area contributed by atoms with Gasteiger partial charge in [-0.25, -0.2) is 0 Å². The zero-order valence-corrected chi connectivity index (χ0v) is 10.8. The molecule has 1 rings (SSSR count). The highest BCUT2D eigenvalue weighted by molar-refractivity contribution is 8.05. The molecule has 1 unspecified atom stereocenters. The lowest BCUT2D eigenvalue weighted by Gasteiger charge is -2.16. The zero-order chi connectivity index (χ0) is 10.9. The minimum absolute atomic E-state index is 0.717. The Hall–Kier alpha value is -0.370. The Labute approximate surface area is 98.4 Å². The molecule has 0 saturated carbocycles. The lowest BCUT2D eigenvalue weighted by Crippen LogP contribution is -2.04. The van der Waals surface area contributed by atoms with E-state index in [9.17, 15) is 0 Å². The van der Waals surface area contributed by atoms with E-state index >= 15 is 0 Å². The van der Waals surface area contributed by atoms with Crippen molar-refractivity contribution in [1.82, 2.24) is 5.32 Å². The second kappa shape index (κ2) is 7.86. The molecule has 0 spiro atoms. The molecule has 0 saturated heterocycles. The number of allylic oxidation sites excluding steroid dienone is 1. The first-order valence-electron chi connectivity index (χ1n) is 6.12. The molecule has 0 aromatic rings. The SMILES string of the molecule is CCCCCCCC(C)C1=CNC=CS1. The molecule has 1 nitrogen and oxygen atoms in total. The van der Waals surface area contributed by atoms with Crippen molar-refractivity contribution in [2.75, 3.05) is 0 Å². The van der Waals surface area contributed by atoms with Crippen LogP contribution in [0.25, 0.3) is 0 Å². The van der Waals surface area contributed by atoms with Gasteiger partial charge >= 0.3 is 0 Å². The Kier molecular flexibility index (Phi) is 6.66. The first kappa shape index (κ1) is 12.7. The molecule has 0 aliphatic carbocycles. The molecule has 0 aromatic carbocycles. The van der Waals surface area contributed by atoms with Crippen LogP contribution in [-0.2, 0) is 0 Å². The van der Waals surface area contributed by atoms with Gasteiger partial charge in [0.15, 0.2) is 0 Å². The maximum atomic E-state index is 3.16. The van der Waals surface area contributed by atoms with Crippen molar-refractivity contribution in [3.05, 3.63) is 22.7 Å². The quantitative estimate of drug-likeness (QED) is 0.634. The van der Waals surface area contributed by atoms with Gasteiger partial charge in [0.25, 0.3) is 0 Å². The Morgan fingerprint density at radius 2 is 2.07 bits per heavy atom. The highest BCUT2D eigenvalue weighted by Gasteiger charge is 2.09. The van der Waals surface area contributed by atoms with Crippen LogP contribution < -0.4 is 5.32 Å². The molecule has 1 aliphatic heterocycles. The molecule has 1 aliphatic rings. The summed E-state index contributed by atoms with van der Waals surface area (Å²) >= 11 is 1.86. The van der Waals surface area contributed by atoms with Crippen LogP contribution in [0.2, 0.25) is 0 Å². The van der Waals surface area contributed by atoms with E-state index in [1.54, 1.807) is 0 Å². The van der Waals surface area contributed by atoms with Crippen LogP contribution in [0.1, 0.15) is 52.4 Å². The third-order valence-electron chi connectivity index (χ3n) is 2.82. The molecule has 1 N–H and O–H groups in total. The van der Waals surface area contributed by atoms with Crippen molar-refractivity contribution in [1.29, 1.82) is 0 Å². The van der Waals surface area contributed by atoms with Crippen molar-refractivity contribution < 1.29 is 0 Å². The smallest absolute Gasteiger partial charge is 0.0107 e. The van der Waals surface area contributed by atoms with Crippen molar-refractivity contribution in [3.8, 4) is 0 Å². The number of nitrogens with one attached hydrogen (secondary N) is 1. The summed E-state index contributed by atoms with van der Waals surface area (Å²) in [6.07, 6.45) is 12.4. The van der Waals surface area contributed by atoms with Crippen molar-refractivity contribution in [3.63, 3.8) is 0 Å². The van der Waals surface area contributed by atoms with E-state index in [0.29, 0.717) is 5.92 Å². The molecule has 0 bridgehead atoms. The summed E-state index contributed by atoms with van der Waals surface area (Å²) in [6, 6.07) is 0. The molecular weight excluding hydrogens is 202 g/mol. The van der Waals surface area contributed by atoms with E-state index < -0.39 is 0 Å². The molecular formula is C13H23NS. The van der Waals surface area contributed by atoms with Gasteiger partial charge in [-0.05, 0) is 17.7 Å². The number of thioether (sulfide) groups is 1. The van der Waals surface area contributed by atoms with Gasteiger partial charge in [0.05, 0.1) is 0 Å². The topological polar surface area (TPSA) is 12.0 Å². The number of hydrogen-bond acceptors (Lipinski definition) is 2. The molecule has 15 heavy (non-hydrogen) atoms. The van der Waals surface area contributed by atoms with Crippen LogP contribution in [0.5, 0.6) is 0 Å². The highest BCUT2D eigenvalue weighted by atomic mass is 32.2. The van der Waals surface area contributed by atoms with Gasteiger partial charge in [0.2, 0.25) is 0 Å². The molecule has 1 heterocycles. The summed E-state index contributed by atoms with van der Waals surface area (Å²) in [5.74, 6) is 0.717. The fourth-order valence-electron chi connectivity index (χ4n) is 1.77. The third-order valence-corrected chi connectivity index (χ3v) is 3.88. The number of rotatable bonds is 7. The number of unbranched alkanes of at least 4 members (excludes halogenated alkanes) is 4. The van der Waals surface area contributed by atoms with E-state index in [-0.39, 0.29) is 0 Å². The maximum Gasteiger partial charge on any atom is 0.0107 e. The second-order valence-electron chi connectivity index (χ2n) is 4.24. The predicted octanol–water partition coefficient (Wildman–Crippen LogP) is 4.63. The lowest BCUT2D eigenvalue weighted by molar-refractivity contribution is 0.545. The number of hydrogen-bond donors (Lipinski definition) is 1. The summed E-state index contributed by atoms with van der Waals surface area (Å²) in [4.78, 5) is 1.48. The monoisotopic (exact) mass is 225 g/mol. The van der Waals surface area contributed by atoms with E-state index in [2.05, 4.69) is 30.8 Å². The molecule has 0 aromatic heterocycles. The van der Waals surface area contributed by atoms with Crippen LogP contribution in [0.3, 0.4) is 0 Å². The first-order chi connectivity index (χ1) is 7.34. The fourth-order valence-corrected chi connectivity index (χ4v) is 2.56. The first-order valence-corrected chi connectivity index (χ1v) is 7.00. The van der Waals surface area contributed by atoms with Crippen molar-refractivity contribution >= 4 is 11.8 Å². The Morgan fingerprint density at radius 1 is 1.27 bits per heavy atom. The fraction of sp³-hybridized carbons (Fsp3) is 0.692. The van der Waals surface area contributed by atoms with E-state index in [1.165, 1.54) is 43.4 Å². The summed E-state index contributed by atoms with van der Waals surface area (Å²) in [7, 11) is 0. The molecule has 2 heteroatoms. The highest BCUT2D eigenvalue weighted by Crippen LogP contribution is 2.30. The van der Waals surface area contributed by atoms with Gasteiger partial charge < -0.3 is 5.32 Å². The van der Waals surface area contributed by atoms with Gasteiger partial charge in [-0.1, -0.05) is 57.7 Å². The Balaban J connectivity index is 2.07. The largest absolute Gasteiger partial charge is 0.366 e. The van der Waals surface area contributed by atoms with E-state index in [0.717, 1.165) is 0 Å². The van der Waals surface area contributed by atoms with Crippen LogP contribution >= 0.6 is 11.8 Å². The third kappa shape index (κ3) is 5.31. The normalized spacial score (nSPS) is 17.1. The van der Waals surface area contributed by atoms with Gasteiger partial charge in [-0.2, -0.15) is 0 Å². The van der Waals surface area contributed by atoms with Crippen LogP contribution in [0.15, 0.2) is 22.7 Å². The van der Waals surface area contributed by atoms with Crippen molar-refractivity contribution in [2.45, 2.75) is 52.4 Å². The van der Waals surface area contributed by atoms with Crippen LogP contribution in [-0.4, -0.2) is 0 Å². The molecule has 0 amide bonds. The predicted molar refractivity (Wildman–Crippen MR) is 70.5 cm³/mol. The molecule has 0 radical (unpaired) electrons. The Morgan fingerprint density at radius 3 is 2.73 bits per heavy atom. The summed E-state index contributed by atoms with van der Waals surface area (Å²) in [5, 5.41) is 5.29. The van der Waals surface area contributed by atoms with E-state index in [1.807, 2.05) is 18.0 Å². The maximum absolute atomic E-state index is 3.16. The van der Waals surface area contributed by atoms with Gasteiger partial charge in [-0.3, -0.25) is 0 Å². The van der Waals surface area contributed by atoms with Crippen molar-refractivity contribution in [2.24, 2.45) is 5.92 Å². The zero-order valence-electron chi connectivity index (χ0n) is 9.96. The summed E-state index contributed by atoms with van der Waals surface area (Å²) < 4.78 is 0. The van der Waals surface area contributed by atoms with Crippen LogP contribution in [0.4, 0.5) is 0 Å². The molecule has 0 fully saturated rings. The summed E-state index contributed by atoms with van der Waals surface area (Å²) in [6.45, 7) is 4.60. The average molecular weight is 225 g/mol. The second-order valence-corrected chi connectivity index (χ2v) is 5.22. The standard InChI is InChI=1S/C13H23NS/c1-3-4-5-6-7-8-12(2)13-11-14-9-10-15-13/h9-12,14H,3-8H2,1-2H3. The molecule has 1 atom stereocenters. The molecule has 86 valence electrons. The van der Waals surface area contributed by atoms with Gasteiger partial charge in [0.1, 0.15) is 0 Å². The minimum atomic E-state index is 0.717. The van der Waals surface area contributed by atoms with Gasteiger partial charge in [0, 0.05) is 17.3 Å². The van der Waals surface area contributed by atoms with Gasteiger partial charge in [-0.15, -0.1) is 0 Å². The minimum Gasteiger partial charge on any atom is -0.366 e. The lowest BCUT2D eigenvalue weighted by atomic mass is 10.0.